The molecule has 0 N–H and O–H groups in total. The van der Waals surface area contributed by atoms with Gasteiger partial charge in [0, 0.05) is 33.2 Å². The summed E-state index contributed by atoms with van der Waals surface area (Å²) in [7, 11) is 0. The van der Waals surface area contributed by atoms with Crippen LogP contribution >= 0.6 is 0 Å². The molecule has 2 aliphatic carbocycles. The van der Waals surface area contributed by atoms with Crippen molar-refractivity contribution in [3.63, 3.8) is 0 Å². The molecule has 1 aromatic heterocycles. The number of rotatable bonds is 4. The van der Waals surface area contributed by atoms with E-state index in [1.807, 2.05) is 12.1 Å². The van der Waals surface area contributed by atoms with Crippen molar-refractivity contribution < 1.29 is 4.42 Å². The maximum atomic E-state index is 6.90. The third-order valence-electron chi connectivity index (χ3n) is 11.1. The second kappa shape index (κ2) is 12.0. The molecule has 1 unspecified atom stereocenters. The molecule has 252 valence electrons. The first kappa shape index (κ1) is 31.2. The van der Waals surface area contributed by atoms with Crippen LogP contribution < -0.4 is 0 Å². The molecule has 8 aromatic rings. The van der Waals surface area contributed by atoms with Crippen LogP contribution in [-0.2, 0) is 5.41 Å². The van der Waals surface area contributed by atoms with Gasteiger partial charge in [-0.05, 0) is 77.4 Å². The zero-order valence-electron chi connectivity index (χ0n) is 29.9. The summed E-state index contributed by atoms with van der Waals surface area (Å²) in [5.74, 6) is 0.684. The van der Waals surface area contributed by atoms with Gasteiger partial charge in [-0.3, -0.25) is 0 Å². The molecule has 3 nitrogen and oxygen atoms in total. The van der Waals surface area contributed by atoms with Gasteiger partial charge >= 0.3 is 0 Å². The quantitative estimate of drug-likeness (QED) is 0.135. The Labute approximate surface area is 309 Å². The fourth-order valence-corrected chi connectivity index (χ4v) is 8.85. The van der Waals surface area contributed by atoms with E-state index in [1.165, 1.54) is 38.9 Å². The van der Waals surface area contributed by atoms with Gasteiger partial charge in [0.2, 0.25) is 0 Å². The number of amidine groups is 1. The van der Waals surface area contributed by atoms with E-state index in [0.717, 1.165) is 61.2 Å². The molecule has 1 atom stereocenters. The molecule has 1 spiro atoms. The van der Waals surface area contributed by atoms with Crippen LogP contribution in [-0.4, -0.2) is 11.5 Å². The average Bonchev–Trinajstić information content (AvgIpc) is 3.84. The number of aliphatic imine (C=N–C) groups is 2. The van der Waals surface area contributed by atoms with E-state index < -0.39 is 5.41 Å². The Morgan fingerprint density at radius 1 is 0.491 bits per heavy atom. The van der Waals surface area contributed by atoms with Crippen molar-refractivity contribution in [1.82, 2.24) is 0 Å². The molecule has 0 amide bonds. The zero-order valence-corrected chi connectivity index (χ0v) is 29.9. The van der Waals surface area contributed by atoms with Gasteiger partial charge in [0.25, 0.3) is 0 Å². The fourth-order valence-electron chi connectivity index (χ4n) is 8.85. The number of hydrogen-bond acceptors (Lipinski definition) is 2. The summed E-state index contributed by atoms with van der Waals surface area (Å²) in [5.41, 5.74) is 17.0. The van der Waals surface area contributed by atoms with Gasteiger partial charge in [0.15, 0.2) is 5.84 Å². The highest BCUT2D eigenvalue weighted by molar-refractivity contribution is 6.17. The number of nitrogens with zero attached hydrogens (tertiary/aromatic N) is 2. The van der Waals surface area contributed by atoms with E-state index in [-0.39, 0.29) is 0 Å². The first-order chi connectivity index (χ1) is 26.1. The first-order valence-corrected chi connectivity index (χ1v) is 18.3. The van der Waals surface area contributed by atoms with E-state index in [4.69, 9.17) is 14.4 Å². The van der Waals surface area contributed by atoms with Crippen molar-refractivity contribution in [3.8, 4) is 22.3 Å². The normalized spacial score (nSPS) is 15.8. The molecule has 53 heavy (non-hydrogen) atoms. The van der Waals surface area contributed by atoms with Crippen molar-refractivity contribution in [1.29, 1.82) is 0 Å². The number of hydrogen-bond donors (Lipinski definition) is 0. The summed E-state index contributed by atoms with van der Waals surface area (Å²) in [4.78, 5) is 10.9. The summed E-state index contributed by atoms with van der Waals surface area (Å²) in [5, 5.41) is 2.27. The maximum Gasteiger partial charge on any atom is 0.160 e. The summed E-state index contributed by atoms with van der Waals surface area (Å²) >= 11 is 0. The van der Waals surface area contributed by atoms with Crippen LogP contribution in [0, 0.1) is 0 Å². The molecule has 2 aliphatic rings. The van der Waals surface area contributed by atoms with Crippen molar-refractivity contribution in [2.24, 2.45) is 9.98 Å². The van der Waals surface area contributed by atoms with E-state index >= 15 is 0 Å². The molecule has 7 aromatic carbocycles. The van der Waals surface area contributed by atoms with E-state index in [1.54, 1.807) is 0 Å². The number of furan rings is 1. The topological polar surface area (TPSA) is 37.9 Å². The highest BCUT2D eigenvalue weighted by Gasteiger charge is 2.54. The Morgan fingerprint density at radius 3 is 1.87 bits per heavy atom. The van der Waals surface area contributed by atoms with Crippen LogP contribution in [0.2, 0.25) is 0 Å². The largest absolute Gasteiger partial charge is 0.456 e. The molecular formula is C50H36N2O. The summed E-state index contributed by atoms with van der Waals surface area (Å²) in [6, 6.07) is 58.3. The highest BCUT2D eigenvalue weighted by Crippen LogP contribution is 2.65. The lowest BCUT2D eigenvalue weighted by molar-refractivity contribution is 0.652. The summed E-state index contributed by atoms with van der Waals surface area (Å²) < 4.78 is 6.90. The molecular weight excluding hydrogens is 645 g/mol. The van der Waals surface area contributed by atoms with Gasteiger partial charge in [0.1, 0.15) is 11.2 Å². The van der Waals surface area contributed by atoms with Crippen LogP contribution in [0.4, 0.5) is 0 Å². The third-order valence-corrected chi connectivity index (χ3v) is 11.1. The zero-order chi connectivity index (χ0) is 35.7. The molecule has 0 aliphatic heterocycles. The molecule has 0 saturated heterocycles. The predicted molar refractivity (Wildman–Crippen MR) is 220 cm³/mol. The molecule has 0 bridgehead atoms. The molecule has 10 rings (SSSR count). The monoisotopic (exact) mass is 680 g/mol. The Hall–Kier alpha value is -6.58. The molecule has 0 saturated carbocycles. The number of para-hydroxylation sites is 1. The number of allylic oxidation sites excluding steroid dienone is 1. The Balaban J connectivity index is 1.32. The van der Waals surface area contributed by atoms with Gasteiger partial charge < -0.3 is 4.42 Å². The second-order valence-corrected chi connectivity index (χ2v) is 14.2. The molecule has 1 heterocycles. The Kier molecular flexibility index (Phi) is 7.06. The van der Waals surface area contributed by atoms with Gasteiger partial charge in [-0.15, -0.1) is 0 Å². The molecule has 0 radical (unpaired) electrons. The van der Waals surface area contributed by atoms with Gasteiger partial charge in [0.05, 0.1) is 11.1 Å². The average molecular weight is 681 g/mol. The molecule has 0 fully saturated rings. The predicted octanol–water partition coefficient (Wildman–Crippen LogP) is 12.6. The van der Waals surface area contributed by atoms with Crippen LogP contribution in [0.5, 0.6) is 0 Å². The summed E-state index contributed by atoms with van der Waals surface area (Å²) in [6.45, 7) is 6.33. The van der Waals surface area contributed by atoms with Crippen molar-refractivity contribution >= 4 is 39.2 Å². The number of benzene rings is 7. The Morgan fingerprint density at radius 2 is 1.11 bits per heavy atom. The van der Waals surface area contributed by atoms with Crippen molar-refractivity contribution in [2.75, 3.05) is 0 Å². The van der Waals surface area contributed by atoms with Crippen LogP contribution in [0.3, 0.4) is 0 Å². The number of fused-ring (bicyclic) bond motifs is 14. The Bertz CT molecular complexity index is 2850. The minimum atomic E-state index is -0.608. The van der Waals surface area contributed by atoms with Gasteiger partial charge in [-0.2, -0.15) is 0 Å². The molecule has 3 heteroatoms. The van der Waals surface area contributed by atoms with E-state index in [9.17, 15) is 0 Å². The van der Waals surface area contributed by atoms with Crippen molar-refractivity contribution in [2.45, 2.75) is 26.2 Å². The van der Waals surface area contributed by atoms with Gasteiger partial charge in [-0.25, -0.2) is 9.98 Å². The van der Waals surface area contributed by atoms with E-state index in [2.05, 4.69) is 172 Å². The lowest BCUT2D eigenvalue weighted by Gasteiger charge is -2.30. The SMILES string of the molecule is CC(C)=C(/N=C(\N=C(/C)c1ccccc1)c1cccc2c1-c1ccccc1C21c2ccccc2-c2ccc3c(oc4ccccc43)c21)c1ccccc1. The van der Waals surface area contributed by atoms with Crippen LogP contribution in [0.15, 0.2) is 184 Å². The van der Waals surface area contributed by atoms with E-state index in [0.29, 0.717) is 5.84 Å². The smallest absolute Gasteiger partial charge is 0.160 e. The van der Waals surface area contributed by atoms with Crippen LogP contribution in [0.1, 0.15) is 59.7 Å². The second-order valence-electron chi connectivity index (χ2n) is 14.2. The van der Waals surface area contributed by atoms with Crippen molar-refractivity contribution in [3.05, 3.63) is 208 Å². The fraction of sp³-hybridized carbons (Fsp3) is 0.0800. The minimum absolute atomic E-state index is 0.608. The van der Waals surface area contributed by atoms with Gasteiger partial charge in [-0.1, -0.05) is 157 Å². The minimum Gasteiger partial charge on any atom is -0.456 e. The van der Waals surface area contributed by atoms with Crippen LogP contribution in [0.25, 0.3) is 49.9 Å². The lowest BCUT2D eigenvalue weighted by atomic mass is 9.70. The highest BCUT2D eigenvalue weighted by atomic mass is 16.3. The standard InChI is InChI=1S/C50H36N2O/c1-31(2)47(34-19-8-5-9-20-34)52-49(51-32(3)33-17-6-4-7-18-33)40-24-16-27-43-45(40)39-23-11-14-26-42(39)50(43)41-25-13-10-21-35(41)37-29-30-38-36-22-12-15-28-44(36)53-48(38)46(37)50/h4-30H,1-3H3/b51-32+,52-49-. The third kappa shape index (κ3) is 4.53. The summed E-state index contributed by atoms with van der Waals surface area (Å²) in [6.07, 6.45) is 0. The lowest BCUT2D eigenvalue weighted by Crippen LogP contribution is -2.26. The maximum absolute atomic E-state index is 6.90. The first-order valence-electron chi connectivity index (χ1n) is 18.3.